The number of carboxylic acid groups (broad SMARTS) is 1. The van der Waals surface area contributed by atoms with Gasteiger partial charge in [-0.3, -0.25) is 4.98 Å². The number of carboxylic acids is 1. The summed E-state index contributed by atoms with van der Waals surface area (Å²) < 4.78 is 19.0. The predicted octanol–water partition coefficient (Wildman–Crippen LogP) is 2.64. The van der Waals surface area contributed by atoms with Gasteiger partial charge in [-0.1, -0.05) is 6.07 Å². The number of nitrogens with zero attached hydrogens (tertiary/aromatic N) is 3. The summed E-state index contributed by atoms with van der Waals surface area (Å²) in [6, 6.07) is 7.47. The Hall–Kier alpha value is -3.09. The van der Waals surface area contributed by atoms with Gasteiger partial charge in [-0.15, -0.1) is 10.2 Å². The molecule has 1 aromatic carbocycles. The summed E-state index contributed by atoms with van der Waals surface area (Å²) in [5.74, 6) is -1.52. The van der Waals surface area contributed by atoms with E-state index in [1.807, 2.05) is 0 Å². The van der Waals surface area contributed by atoms with Crippen LogP contribution in [0.2, 0.25) is 0 Å². The van der Waals surface area contributed by atoms with E-state index in [2.05, 4.69) is 15.2 Å². The minimum absolute atomic E-state index is 0.00521. The van der Waals surface area contributed by atoms with Gasteiger partial charge in [0.1, 0.15) is 0 Å². The van der Waals surface area contributed by atoms with Crippen molar-refractivity contribution in [2.75, 3.05) is 0 Å². The highest BCUT2D eigenvalue weighted by atomic mass is 19.1. The Morgan fingerprint density at radius 2 is 2.00 bits per heavy atom. The van der Waals surface area contributed by atoms with Gasteiger partial charge in [0.15, 0.2) is 5.82 Å². The Kier molecular flexibility index (Phi) is 3.15. The summed E-state index contributed by atoms with van der Waals surface area (Å²) in [6.07, 6.45) is 2.46. The number of hydrogen-bond acceptors (Lipinski definition) is 5. The lowest BCUT2D eigenvalue weighted by molar-refractivity contribution is 0.0697. The summed E-state index contributed by atoms with van der Waals surface area (Å²) in [5.41, 5.74) is 0.684. The zero-order valence-electron chi connectivity index (χ0n) is 10.5. The molecule has 0 saturated heterocycles. The van der Waals surface area contributed by atoms with Crippen LogP contribution in [0.4, 0.5) is 4.39 Å². The van der Waals surface area contributed by atoms with Crippen molar-refractivity contribution >= 4 is 5.97 Å². The van der Waals surface area contributed by atoms with E-state index in [1.54, 1.807) is 12.1 Å². The minimum Gasteiger partial charge on any atom is -0.478 e. The van der Waals surface area contributed by atoms with Crippen LogP contribution in [0.25, 0.3) is 22.9 Å². The fourth-order valence-corrected chi connectivity index (χ4v) is 1.78. The quantitative estimate of drug-likeness (QED) is 0.795. The zero-order chi connectivity index (χ0) is 14.8. The van der Waals surface area contributed by atoms with Crippen LogP contribution in [-0.2, 0) is 0 Å². The molecule has 3 rings (SSSR count). The first-order valence-corrected chi connectivity index (χ1v) is 5.92. The fraction of sp³-hybridized carbons (Fsp3) is 0. The van der Waals surface area contributed by atoms with Crippen molar-refractivity contribution in [3.8, 4) is 22.9 Å². The third kappa shape index (κ3) is 2.48. The fourth-order valence-electron chi connectivity index (χ4n) is 1.78. The summed E-state index contributed by atoms with van der Waals surface area (Å²) in [5, 5.41) is 16.5. The molecule has 2 heterocycles. The van der Waals surface area contributed by atoms with Crippen LogP contribution in [-0.4, -0.2) is 26.3 Å². The van der Waals surface area contributed by atoms with Gasteiger partial charge in [0.05, 0.1) is 17.3 Å². The number of pyridine rings is 1. The molecule has 6 nitrogen and oxygen atoms in total. The average Bonchev–Trinajstić information content (AvgIpc) is 2.97. The highest BCUT2D eigenvalue weighted by molar-refractivity contribution is 5.88. The molecule has 0 radical (unpaired) electrons. The standard InChI is InChI=1S/C14H8FN3O3/c15-11-7-16-5-4-10(11)13-18-17-12(21-13)8-2-1-3-9(6-8)14(19)20/h1-7H,(H,19,20). The zero-order valence-corrected chi connectivity index (χ0v) is 10.5. The number of halogens is 1. The first-order valence-electron chi connectivity index (χ1n) is 5.92. The average molecular weight is 285 g/mol. The van der Waals surface area contributed by atoms with Crippen LogP contribution in [0.15, 0.2) is 47.1 Å². The largest absolute Gasteiger partial charge is 0.478 e. The summed E-state index contributed by atoms with van der Waals surface area (Å²) >= 11 is 0. The second-order valence-corrected chi connectivity index (χ2v) is 4.15. The third-order valence-corrected chi connectivity index (χ3v) is 2.78. The molecule has 0 fully saturated rings. The summed E-state index contributed by atoms with van der Waals surface area (Å²) in [7, 11) is 0. The summed E-state index contributed by atoms with van der Waals surface area (Å²) in [4.78, 5) is 14.6. The number of benzene rings is 1. The molecule has 104 valence electrons. The number of aromatic carboxylic acids is 1. The predicted molar refractivity (Wildman–Crippen MR) is 69.9 cm³/mol. The molecule has 2 aromatic heterocycles. The molecule has 0 spiro atoms. The number of rotatable bonds is 3. The van der Waals surface area contributed by atoms with Crippen molar-refractivity contribution in [3.05, 3.63) is 54.1 Å². The van der Waals surface area contributed by atoms with Gasteiger partial charge >= 0.3 is 5.97 Å². The SMILES string of the molecule is O=C(O)c1cccc(-c2nnc(-c3ccncc3F)o2)c1. The Bertz CT molecular complexity index is 816. The lowest BCUT2D eigenvalue weighted by Gasteiger charge is -1.98. The molecule has 0 bridgehead atoms. The van der Waals surface area contributed by atoms with Crippen LogP contribution in [0.5, 0.6) is 0 Å². The van der Waals surface area contributed by atoms with Gasteiger partial charge in [-0.2, -0.15) is 0 Å². The van der Waals surface area contributed by atoms with E-state index in [0.717, 1.165) is 6.20 Å². The van der Waals surface area contributed by atoms with Crippen molar-refractivity contribution in [1.29, 1.82) is 0 Å². The second kappa shape index (κ2) is 5.12. The smallest absolute Gasteiger partial charge is 0.335 e. The molecule has 0 saturated carbocycles. The van der Waals surface area contributed by atoms with Gasteiger partial charge in [-0.25, -0.2) is 9.18 Å². The van der Waals surface area contributed by atoms with Crippen LogP contribution in [0.3, 0.4) is 0 Å². The topological polar surface area (TPSA) is 89.1 Å². The highest BCUT2D eigenvalue weighted by Gasteiger charge is 2.15. The van der Waals surface area contributed by atoms with Crippen molar-refractivity contribution in [2.24, 2.45) is 0 Å². The van der Waals surface area contributed by atoms with Crippen LogP contribution in [0.1, 0.15) is 10.4 Å². The van der Waals surface area contributed by atoms with E-state index in [4.69, 9.17) is 9.52 Å². The molecule has 7 heteroatoms. The van der Waals surface area contributed by atoms with Gasteiger partial charge in [0, 0.05) is 11.8 Å². The number of carbonyl (C=O) groups is 1. The maximum atomic E-state index is 13.6. The molecular weight excluding hydrogens is 277 g/mol. The van der Waals surface area contributed by atoms with Gasteiger partial charge in [0.2, 0.25) is 5.89 Å². The van der Waals surface area contributed by atoms with Crippen LogP contribution < -0.4 is 0 Å². The van der Waals surface area contributed by atoms with Crippen LogP contribution in [0, 0.1) is 5.82 Å². The van der Waals surface area contributed by atoms with E-state index in [1.165, 1.54) is 24.4 Å². The highest BCUT2D eigenvalue weighted by Crippen LogP contribution is 2.25. The first-order chi connectivity index (χ1) is 10.1. The van der Waals surface area contributed by atoms with E-state index >= 15 is 0 Å². The first kappa shape index (κ1) is 12.9. The monoisotopic (exact) mass is 285 g/mol. The van der Waals surface area contributed by atoms with Crippen LogP contribution >= 0.6 is 0 Å². The molecule has 0 aliphatic rings. The lowest BCUT2D eigenvalue weighted by atomic mass is 10.1. The van der Waals surface area contributed by atoms with Crippen molar-refractivity contribution in [3.63, 3.8) is 0 Å². The molecule has 0 aliphatic heterocycles. The van der Waals surface area contributed by atoms with E-state index in [9.17, 15) is 9.18 Å². The Morgan fingerprint density at radius 1 is 1.19 bits per heavy atom. The lowest BCUT2D eigenvalue weighted by Crippen LogP contribution is -1.95. The molecule has 0 unspecified atom stereocenters. The maximum absolute atomic E-state index is 13.6. The van der Waals surface area contributed by atoms with E-state index in [0.29, 0.717) is 5.56 Å². The molecule has 0 amide bonds. The molecule has 0 aliphatic carbocycles. The minimum atomic E-state index is -1.06. The molecule has 0 atom stereocenters. The Labute approximate surface area is 117 Å². The molecule has 3 aromatic rings. The third-order valence-electron chi connectivity index (χ3n) is 2.78. The van der Waals surface area contributed by atoms with Crippen molar-refractivity contribution < 1.29 is 18.7 Å². The Balaban J connectivity index is 2.01. The summed E-state index contributed by atoms with van der Waals surface area (Å²) in [6.45, 7) is 0. The van der Waals surface area contributed by atoms with Crippen molar-refractivity contribution in [1.82, 2.24) is 15.2 Å². The molecule has 21 heavy (non-hydrogen) atoms. The maximum Gasteiger partial charge on any atom is 0.335 e. The number of hydrogen-bond donors (Lipinski definition) is 1. The van der Waals surface area contributed by atoms with E-state index < -0.39 is 11.8 Å². The van der Waals surface area contributed by atoms with Crippen molar-refractivity contribution in [2.45, 2.75) is 0 Å². The van der Waals surface area contributed by atoms with Gasteiger partial charge < -0.3 is 9.52 Å². The molecule has 1 N–H and O–H groups in total. The Morgan fingerprint density at radius 3 is 2.76 bits per heavy atom. The molecular formula is C14H8FN3O3. The van der Waals surface area contributed by atoms with E-state index in [-0.39, 0.29) is 22.9 Å². The normalized spacial score (nSPS) is 10.5. The number of aromatic nitrogens is 3. The van der Waals surface area contributed by atoms with Gasteiger partial charge in [0.25, 0.3) is 5.89 Å². The second-order valence-electron chi connectivity index (χ2n) is 4.15. The van der Waals surface area contributed by atoms with Gasteiger partial charge in [-0.05, 0) is 24.3 Å².